The Morgan fingerprint density at radius 2 is 1.12 bits per heavy atom. The van der Waals surface area contributed by atoms with Crippen LogP contribution in [0.1, 0.15) is 11.1 Å². The Morgan fingerprint density at radius 1 is 0.600 bits per heavy atom. The molecule has 0 aliphatic heterocycles. The van der Waals surface area contributed by atoms with Crippen molar-refractivity contribution in [1.82, 2.24) is 0 Å². The molecule has 0 aromatic heterocycles. The Hall–Kier alpha value is -3.40. The minimum atomic E-state index is -1.35. The fourth-order valence-corrected chi connectivity index (χ4v) is 3.70. The summed E-state index contributed by atoms with van der Waals surface area (Å²) in [6.45, 7) is 0. The lowest BCUT2D eigenvalue weighted by molar-refractivity contribution is 1.63. The molecule has 25 heavy (non-hydrogen) atoms. The summed E-state index contributed by atoms with van der Waals surface area (Å²) in [6, 6.07) is 25.4. The van der Waals surface area contributed by atoms with Crippen molar-refractivity contribution in [1.29, 1.82) is 0 Å². The topological polar surface area (TPSA) is 52.0 Å². The second-order valence-corrected chi connectivity index (χ2v) is 7.32. The van der Waals surface area contributed by atoms with Crippen LogP contribution in [0, 0.1) is 22.9 Å². The molecule has 4 N–H and O–H groups in total. The van der Waals surface area contributed by atoms with Crippen molar-refractivity contribution >= 4 is 25.4 Å². The fourth-order valence-electron chi connectivity index (χ4n) is 2.28. The van der Waals surface area contributed by atoms with Gasteiger partial charge in [0.2, 0.25) is 0 Å². The summed E-state index contributed by atoms with van der Waals surface area (Å²) < 4.78 is 0. The van der Waals surface area contributed by atoms with Gasteiger partial charge in [0.1, 0.15) is 0 Å². The summed E-state index contributed by atoms with van der Waals surface area (Å²) in [5.41, 5.74) is 21.6. The van der Waals surface area contributed by atoms with Gasteiger partial charge in [0.15, 0.2) is 0 Å². The van der Waals surface area contributed by atoms with Gasteiger partial charge in [-0.25, -0.2) is 0 Å². The standard InChI is InChI=1S/C22H17N2Si/c23-20-8-4-6-18(16-20)12-14-25(22-10-2-1-3-11-22)15-13-19-7-5-9-21(24)17-19/h1-11,16-17H,23-24H2. The van der Waals surface area contributed by atoms with Crippen LogP contribution in [0.3, 0.4) is 0 Å². The maximum atomic E-state index is 5.83. The number of nitrogens with two attached hydrogens (primary N) is 2. The van der Waals surface area contributed by atoms with Crippen LogP contribution in [0.15, 0.2) is 78.9 Å². The Bertz CT molecular complexity index is 925. The largest absolute Gasteiger partial charge is 0.399 e. The number of hydrogen-bond acceptors (Lipinski definition) is 2. The molecule has 0 unspecified atom stereocenters. The molecule has 0 bridgehead atoms. The number of benzene rings is 3. The van der Waals surface area contributed by atoms with Crippen LogP contribution >= 0.6 is 0 Å². The molecule has 3 rings (SSSR count). The fraction of sp³-hybridized carbons (Fsp3) is 0. The van der Waals surface area contributed by atoms with Crippen molar-refractivity contribution in [2.24, 2.45) is 0 Å². The van der Waals surface area contributed by atoms with E-state index in [9.17, 15) is 0 Å². The average molecular weight is 337 g/mol. The third kappa shape index (κ3) is 4.78. The first kappa shape index (κ1) is 16.5. The van der Waals surface area contributed by atoms with Gasteiger partial charge in [-0.3, -0.25) is 0 Å². The first-order valence-corrected chi connectivity index (χ1v) is 9.38. The number of anilines is 2. The van der Waals surface area contributed by atoms with Crippen molar-refractivity contribution in [3.05, 3.63) is 90.0 Å². The lowest BCUT2D eigenvalue weighted by Gasteiger charge is -2.00. The highest BCUT2D eigenvalue weighted by atomic mass is 28.3. The van der Waals surface area contributed by atoms with E-state index in [2.05, 4.69) is 35.1 Å². The van der Waals surface area contributed by atoms with Crippen LogP contribution in [-0.2, 0) is 0 Å². The van der Waals surface area contributed by atoms with Crippen LogP contribution < -0.4 is 16.7 Å². The maximum absolute atomic E-state index is 5.83. The predicted molar refractivity (Wildman–Crippen MR) is 107 cm³/mol. The first-order chi connectivity index (χ1) is 12.2. The van der Waals surface area contributed by atoms with Gasteiger partial charge in [0, 0.05) is 22.5 Å². The van der Waals surface area contributed by atoms with Crippen molar-refractivity contribution < 1.29 is 0 Å². The SMILES string of the molecule is Nc1cccc(C#C[Si](C#Cc2cccc(N)c2)c2ccccc2)c1. The first-order valence-electron chi connectivity index (χ1n) is 7.88. The lowest BCUT2D eigenvalue weighted by Crippen LogP contribution is -2.27. The summed E-state index contributed by atoms with van der Waals surface area (Å²) in [6.07, 6.45) is 0. The molecule has 3 aromatic carbocycles. The highest BCUT2D eigenvalue weighted by molar-refractivity contribution is 6.87. The smallest absolute Gasteiger partial charge is 0.268 e. The zero-order valence-corrected chi connectivity index (χ0v) is 14.7. The van der Waals surface area contributed by atoms with E-state index in [1.54, 1.807) is 0 Å². The lowest BCUT2D eigenvalue weighted by atomic mass is 10.2. The molecule has 0 heterocycles. The molecule has 0 aliphatic carbocycles. The van der Waals surface area contributed by atoms with Gasteiger partial charge in [0.05, 0.1) is 0 Å². The van der Waals surface area contributed by atoms with Gasteiger partial charge in [-0.2, -0.15) is 0 Å². The van der Waals surface area contributed by atoms with Crippen molar-refractivity contribution in [3.63, 3.8) is 0 Å². The van der Waals surface area contributed by atoms with Crippen molar-refractivity contribution in [2.75, 3.05) is 11.5 Å². The van der Waals surface area contributed by atoms with Gasteiger partial charge in [-0.15, -0.1) is 11.1 Å². The average Bonchev–Trinajstić information content (AvgIpc) is 2.63. The van der Waals surface area contributed by atoms with E-state index in [1.807, 2.05) is 66.7 Å². The third-order valence-corrected chi connectivity index (χ3v) is 5.16. The number of hydrogen-bond donors (Lipinski definition) is 2. The predicted octanol–water partition coefficient (Wildman–Crippen LogP) is 2.73. The molecule has 0 saturated carbocycles. The maximum Gasteiger partial charge on any atom is 0.268 e. The van der Waals surface area contributed by atoms with Crippen molar-refractivity contribution in [3.8, 4) is 22.9 Å². The molecule has 0 amide bonds. The Balaban J connectivity index is 1.95. The summed E-state index contributed by atoms with van der Waals surface area (Å²) in [7, 11) is -1.35. The normalized spacial score (nSPS) is 9.64. The minimum absolute atomic E-state index is 0.714. The second kappa shape index (κ2) is 7.92. The number of rotatable bonds is 1. The Labute approximate surface area is 150 Å². The molecule has 0 fully saturated rings. The second-order valence-electron chi connectivity index (χ2n) is 5.49. The molecule has 3 heteroatoms. The highest BCUT2D eigenvalue weighted by Crippen LogP contribution is 2.06. The molecule has 2 nitrogen and oxygen atoms in total. The summed E-state index contributed by atoms with van der Waals surface area (Å²) in [4.78, 5) is 0. The van der Waals surface area contributed by atoms with Gasteiger partial charge in [0.25, 0.3) is 8.80 Å². The van der Waals surface area contributed by atoms with E-state index in [4.69, 9.17) is 11.5 Å². The van der Waals surface area contributed by atoms with E-state index >= 15 is 0 Å². The Morgan fingerprint density at radius 3 is 1.60 bits per heavy atom. The van der Waals surface area contributed by atoms with Crippen LogP contribution in [0.4, 0.5) is 11.4 Å². The van der Waals surface area contributed by atoms with Crippen molar-refractivity contribution in [2.45, 2.75) is 0 Å². The van der Waals surface area contributed by atoms with E-state index in [1.165, 1.54) is 5.19 Å². The van der Waals surface area contributed by atoms with Gasteiger partial charge >= 0.3 is 0 Å². The molecule has 0 saturated heterocycles. The quantitative estimate of drug-likeness (QED) is 0.407. The van der Waals surface area contributed by atoms with Crippen LogP contribution in [-0.4, -0.2) is 8.80 Å². The molecular formula is C22H17N2Si. The van der Waals surface area contributed by atoms with Crippen LogP contribution in [0.25, 0.3) is 0 Å². The molecule has 0 atom stereocenters. The molecule has 0 spiro atoms. The van der Waals surface area contributed by atoms with Crippen LogP contribution in [0.5, 0.6) is 0 Å². The molecule has 0 aliphatic rings. The summed E-state index contributed by atoms with van der Waals surface area (Å²) in [5.74, 6) is 6.44. The van der Waals surface area contributed by atoms with E-state index in [0.29, 0.717) is 11.4 Å². The molecule has 1 radical (unpaired) electrons. The van der Waals surface area contributed by atoms with Crippen LogP contribution in [0.2, 0.25) is 0 Å². The monoisotopic (exact) mass is 337 g/mol. The van der Waals surface area contributed by atoms with E-state index in [-0.39, 0.29) is 0 Å². The van der Waals surface area contributed by atoms with E-state index in [0.717, 1.165) is 11.1 Å². The zero-order chi connectivity index (χ0) is 17.5. The van der Waals surface area contributed by atoms with E-state index < -0.39 is 8.80 Å². The third-order valence-electron chi connectivity index (χ3n) is 3.50. The summed E-state index contributed by atoms with van der Waals surface area (Å²) >= 11 is 0. The zero-order valence-electron chi connectivity index (χ0n) is 13.7. The van der Waals surface area contributed by atoms with Gasteiger partial charge < -0.3 is 11.5 Å². The minimum Gasteiger partial charge on any atom is -0.399 e. The van der Waals surface area contributed by atoms with Gasteiger partial charge in [-0.05, 0) is 41.6 Å². The van der Waals surface area contributed by atoms with Gasteiger partial charge in [-0.1, -0.05) is 54.3 Å². The summed E-state index contributed by atoms with van der Waals surface area (Å²) in [5, 5.41) is 1.17. The highest BCUT2D eigenvalue weighted by Gasteiger charge is 2.08. The molecular weight excluding hydrogens is 320 g/mol. The molecule has 119 valence electrons. The Kier molecular flexibility index (Phi) is 5.21. The molecule has 3 aromatic rings. The number of nitrogen functional groups attached to an aromatic ring is 2.